The number of carbonyl (C=O) groups is 2. The zero-order valence-corrected chi connectivity index (χ0v) is 16.8. The van der Waals surface area contributed by atoms with Gasteiger partial charge >= 0.3 is 5.69 Å². The molecule has 2 aromatic heterocycles. The largest absolute Gasteiger partial charge is 0.548 e. The number of nitrogens with zero attached hydrogens (tertiary/aromatic N) is 3. The maximum Gasteiger partial charge on any atom is 0.333 e. The summed E-state index contributed by atoms with van der Waals surface area (Å²) in [6, 6.07) is 6.05. The Morgan fingerprint density at radius 3 is 2.68 bits per heavy atom. The molecule has 1 amide bonds. The molecule has 1 aromatic carbocycles. The van der Waals surface area contributed by atoms with Gasteiger partial charge in [-0.05, 0) is 11.6 Å². The molecule has 0 spiro atoms. The van der Waals surface area contributed by atoms with Gasteiger partial charge in [-0.25, -0.2) is 4.79 Å². The first-order valence-electron chi connectivity index (χ1n) is 9.24. The van der Waals surface area contributed by atoms with E-state index >= 15 is 0 Å². The topological polar surface area (TPSA) is 162 Å². The van der Waals surface area contributed by atoms with Crippen LogP contribution in [0.3, 0.4) is 0 Å². The number of H-pyrrole nitrogens is 1. The fraction of sp³-hybridized carbons (Fsp3) is 0.250. The van der Waals surface area contributed by atoms with Gasteiger partial charge in [-0.2, -0.15) is 0 Å². The molecule has 0 bridgehead atoms. The molecule has 11 nitrogen and oxygen atoms in total. The summed E-state index contributed by atoms with van der Waals surface area (Å²) >= 11 is 0. The van der Waals surface area contributed by atoms with Crippen LogP contribution in [0.1, 0.15) is 11.1 Å². The van der Waals surface area contributed by atoms with E-state index in [0.717, 1.165) is 26.3 Å². The van der Waals surface area contributed by atoms with Gasteiger partial charge in [0.2, 0.25) is 11.8 Å². The second-order valence-electron chi connectivity index (χ2n) is 6.92. The number of carbonyl (C=O) groups excluding carboxylic acids is 2. The van der Waals surface area contributed by atoms with Gasteiger partial charge in [-0.1, -0.05) is 18.2 Å². The Morgan fingerprint density at radius 1 is 1.26 bits per heavy atom. The molecular weight excluding hydrogens is 406 g/mol. The number of nitrogens with one attached hydrogen (secondary N) is 2. The molecule has 31 heavy (non-hydrogen) atoms. The summed E-state index contributed by atoms with van der Waals surface area (Å²) in [6.45, 7) is -0.497. The summed E-state index contributed by atoms with van der Waals surface area (Å²) in [4.78, 5) is 54.3. The molecule has 0 aliphatic rings. The zero-order chi connectivity index (χ0) is 22.7. The number of aliphatic carboxylic acids is 1. The highest BCUT2D eigenvalue weighted by Crippen LogP contribution is 2.19. The van der Waals surface area contributed by atoms with Gasteiger partial charge in [0.05, 0.1) is 12.0 Å². The van der Waals surface area contributed by atoms with E-state index in [1.807, 2.05) is 24.3 Å². The minimum atomic E-state index is -1.45. The highest BCUT2D eigenvalue weighted by molar-refractivity contribution is 5.88. The lowest BCUT2D eigenvalue weighted by Crippen LogP contribution is -2.49. The minimum Gasteiger partial charge on any atom is -0.548 e. The van der Waals surface area contributed by atoms with Crippen molar-refractivity contribution >= 4 is 29.0 Å². The lowest BCUT2D eigenvalue weighted by molar-refractivity contribution is -0.308. The summed E-state index contributed by atoms with van der Waals surface area (Å²) in [6.07, 6.45) is 2.64. The molecule has 1 atom stereocenters. The van der Waals surface area contributed by atoms with Crippen molar-refractivity contribution in [1.29, 1.82) is 0 Å². The number of benzene rings is 1. The molecule has 0 radical (unpaired) electrons. The standard InChI is InChI=1S/C20H21N5O6/c1-24-17(27)13(18(28)25(2)20(24)31)9-21-10-16(26)23-15(19(29)30)7-11-8-22-14-6-4-3-5-12(11)14/h3-6,8-9,15,22,27H,7,10H2,1-2H3,(H,23,26)(H,29,30)/p-1/t15-/m0/s1. The molecule has 3 aromatic rings. The molecule has 0 aliphatic heterocycles. The van der Waals surface area contributed by atoms with Crippen LogP contribution in [0.15, 0.2) is 45.0 Å². The number of carboxylic acids is 1. The van der Waals surface area contributed by atoms with Crippen LogP contribution in [0.5, 0.6) is 5.88 Å². The second-order valence-corrected chi connectivity index (χ2v) is 6.92. The molecule has 3 N–H and O–H groups in total. The van der Waals surface area contributed by atoms with Crippen LogP contribution in [-0.2, 0) is 30.1 Å². The quantitative estimate of drug-likeness (QED) is 0.376. The van der Waals surface area contributed by atoms with Crippen molar-refractivity contribution in [2.75, 3.05) is 6.54 Å². The van der Waals surface area contributed by atoms with Crippen LogP contribution < -0.4 is 21.7 Å². The molecule has 2 heterocycles. The molecule has 0 aliphatic carbocycles. The fourth-order valence-corrected chi connectivity index (χ4v) is 3.15. The van der Waals surface area contributed by atoms with Crippen LogP contribution in [0.4, 0.5) is 0 Å². The van der Waals surface area contributed by atoms with Gasteiger partial charge in [0.25, 0.3) is 5.56 Å². The summed E-state index contributed by atoms with van der Waals surface area (Å²) in [7, 11) is 2.51. The lowest BCUT2D eigenvalue weighted by atomic mass is 10.1. The molecule has 11 heteroatoms. The summed E-state index contributed by atoms with van der Waals surface area (Å²) in [5.41, 5.74) is -0.229. The van der Waals surface area contributed by atoms with Crippen molar-refractivity contribution in [1.82, 2.24) is 19.4 Å². The number of aromatic amines is 1. The van der Waals surface area contributed by atoms with E-state index in [9.17, 15) is 29.4 Å². The van der Waals surface area contributed by atoms with Crippen LogP contribution in [0, 0.1) is 0 Å². The summed E-state index contributed by atoms with van der Waals surface area (Å²) < 4.78 is 1.64. The van der Waals surface area contributed by atoms with E-state index in [2.05, 4.69) is 15.3 Å². The average Bonchev–Trinajstić information content (AvgIpc) is 3.15. The van der Waals surface area contributed by atoms with Crippen molar-refractivity contribution < 1.29 is 19.8 Å². The third-order valence-electron chi connectivity index (χ3n) is 4.84. The molecule has 0 fully saturated rings. The molecule has 0 saturated heterocycles. The predicted molar refractivity (Wildman–Crippen MR) is 110 cm³/mol. The van der Waals surface area contributed by atoms with Crippen molar-refractivity contribution in [2.24, 2.45) is 19.1 Å². The number of carboxylic acid groups (broad SMARTS) is 1. The minimum absolute atomic E-state index is 0.00390. The van der Waals surface area contributed by atoms with Gasteiger partial charge < -0.3 is 25.3 Å². The van der Waals surface area contributed by atoms with E-state index in [4.69, 9.17) is 0 Å². The molecule has 162 valence electrons. The monoisotopic (exact) mass is 426 g/mol. The molecule has 0 saturated carbocycles. The number of rotatable bonds is 7. The number of aromatic hydroxyl groups is 1. The fourth-order valence-electron chi connectivity index (χ4n) is 3.15. The van der Waals surface area contributed by atoms with E-state index in [1.165, 1.54) is 14.1 Å². The summed E-state index contributed by atoms with van der Waals surface area (Å²) in [5.74, 6) is -2.76. The maximum absolute atomic E-state index is 12.2. The SMILES string of the molecule is Cn1c(O)c(C=NCC(=O)N[C@@H](Cc2c[nH]c3ccccc23)C(=O)[O-])c(=O)n(C)c1=O. The number of hydrogen-bond donors (Lipinski definition) is 3. The van der Waals surface area contributed by atoms with Gasteiger partial charge in [0, 0.05) is 43.8 Å². The smallest absolute Gasteiger partial charge is 0.333 e. The number of hydrogen-bond acceptors (Lipinski definition) is 7. The highest BCUT2D eigenvalue weighted by atomic mass is 16.4. The number of para-hydroxylation sites is 1. The Balaban J connectivity index is 1.71. The van der Waals surface area contributed by atoms with Crippen LogP contribution in [0.25, 0.3) is 10.9 Å². The Bertz CT molecular complexity index is 1300. The second kappa shape index (κ2) is 8.69. The Labute approximate surface area is 175 Å². The van der Waals surface area contributed by atoms with E-state index in [1.54, 1.807) is 6.20 Å². The van der Waals surface area contributed by atoms with E-state index in [0.29, 0.717) is 5.56 Å². The predicted octanol–water partition coefficient (Wildman–Crippen LogP) is -1.83. The van der Waals surface area contributed by atoms with Gasteiger partial charge in [0.1, 0.15) is 12.1 Å². The number of aliphatic imine (C=N–C) groups is 1. The molecule has 0 unspecified atom stereocenters. The zero-order valence-electron chi connectivity index (χ0n) is 16.8. The van der Waals surface area contributed by atoms with Crippen molar-refractivity contribution in [3.05, 3.63) is 62.4 Å². The number of fused-ring (bicyclic) bond motifs is 1. The Hall–Kier alpha value is -4.15. The van der Waals surface area contributed by atoms with Crippen molar-refractivity contribution in [2.45, 2.75) is 12.5 Å². The van der Waals surface area contributed by atoms with Gasteiger partial charge in [-0.3, -0.25) is 23.7 Å². The number of amides is 1. The van der Waals surface area contributed by atoms with E-state index < -0.39 is 41.6 Å². The lowest BCUT2D eigenvalue weighted by Gasteiger charge is -2.19. The Morgan fingerprint density at radius 2 is 1.97 bits per heavy atom. The molecule has 3 rings (SSSR count). The molecular formula is C20H20N5O6-. The van der Waals surface area contributed by atoms with Crippen LogP contribution in [-0.4, -0.2) is 49.9 Å². The van der Waals surface area contributed by atoms with Gasteiger partial charge in [-0.15, -0.1) is 0 Å². The average molecular weight is 426 g/mol. The van der Waals surface area contributed by atoms with Gasteiger partial charge in [0.15, 0.2) is 0 Å². The first-order chi connectivity index (χ1) is 14.7. The first-order valence-corrected chi connectivity index (χ1v) is 9.24. The summed E-state index contributed by atoms with van der Waals surface area (Å²) in [5, 5.41) is 24.6. The third-order valence-corrected chi connectivity index (χ3v) is 4.84. The Kier molecular flexibility index (Phi) is 6.05. The normalized spacial score (nSPS) is 12.3. The third kappa shape index (κ3) is 4.39. The van der Waals surface area contributed by atoms with Crippen LogP contribution in [0.2, 0.25) is 0 Å². The highest BCUT2D eigenvalue weighted by Gasteiger charge is 2.17. The maximum atomic E-state index is 12.2. The van der Waals surface area contributed by atoms with Crippen LogP contribution >= 0.6 is 0 Å². The van der Waals surface area contributed by atoms with E-state index in [-0.39, 0.29) is 12.0 Å². The number of aromatic nitrogens is 3. The van der Waals surface area contributed by atoms with Crippen molar-refractivity contribution in [3.63, 3.8) is 0 Å². The first kappa shape index (κ1) is 21.6. The van der Waals surface area contributed by atoms with Crippen molar-refractivity contribution in [3.8, 4) is 5.88 Å².